The Labute approximate surface area is 189 Å². The van der Waals surface area contributed by atoms with Gasteiger partial charge in [0.05, 0.1) is 10.2 Å². The first-order chi connectivity index (χ1) is 15.5. The van der Waals surface area contributed by atoms with Crippen molar-refractivity contribution in [3.63, 3.8) is 0 Å². The summed E-state index contributed by atoms with van der Waals surface area (Å²) in [6.07, 6.45) is 4.66. The lowest BCUT2D eigenvalue weighted by Gasteiger charge is -2.32. The first kappa shape index (κ1) is 19.5. The number of anilines is 3. The van der Waals surface area contributed by atoms with Gasteiger partial charge in [-0.2, -0.15) is 0 Å². The van der Waals surface area contributed by atoms with Crippen molar-refractivity contribution in [2.24, 2.45) is 0 Å². The fourth-order valence-electron chi connectivity index (χ4n) is 4.66. The van der Waals surface area contributed by atoms with Crippen molar-refractivity contribution in [2.75, 3.05) is 30.4 Å². The molecular weight excluding hydrogens is 425 g/mol. The van der Waals surface area contributed by atoms with Gasteiger partial charge in [-0.3, -0.25) is 9.88 Å². The Morgan fingerprint density at radius 3 is 2.81 bits per heavy atom. The van der Waals surface area contributed by atoms with E-state index in [1.54, 1.807) is 29.8 Å². The summed E-state index contributed by atoms with van der Waals surface area (Å²) in [5, 5.41) is 3.90. The quantitative estimate of drug-likeness (QED) is 0.502. The van der Waals surface area contributed by atoms with Crippen LogP contribution in [0.15, 0.2) is 42.7 Å². The molecule has 32 heavy (non-hydrogen) atoms. The molecule has 0 aromatic carbocycles. The van der Waals surface area contributed by atoms with Gasteiger partial charge in [-0.1, -0.05) is 6.07 Å². The van der Waals surface area contributed by atoms with Gasteiger partial charge in [0.15, 0.2) is 11.6 Å². The van der Waals surface area contributed by atoms with Crippen LogP contribution in [-0.2, 0) is 0 Å². The van der Waals surface area contributed by atoms with E-state index >= 15 is 0 Å². The van der Waals surface area contributed by atoms with E-state index in [2.05, 4.69) is 37.1 Å². The van der Waals surface area contributed by atoms with Crippen LogP contribution in [0.5, 0.6) is 0 Å². The number of nitrogens with one attached hydrogen (secondary N) is 1. The fraction of sp³-hybridized carbons (Fsp3) is 0.304. The van der Waals surface area contributed by atoms with Crippen LogP contribution in [0.25, 0.3) is 20.9 Å². The number of hydrogen-bond acceptors (Lipinski definition) is 8. The summed E-state index contributed by atoms with van der Waals surface area (Å²) in [5.74, 6) is 1.09. The predicted molar refractivity (Wildman–Crippen MR) is 125 cm³/mol. The maximum atomic E-state index is 14.6. The molecule has 2 bridgehead atoms. The van der Waals surface area contributed by atoms with E-state index in [9.17, 15) is 4.39 Å². The molecule has 4 aromatic heterocycles. The Morgan fingerprint density at radius 1 is 1.12 bits per heavy atom. The summed E-state index contributed by atoms with van der Waals surface area (Å²) < 4.78 is 15.5. The molecule has 6 rings (SSSR count). The molecule has 7 nitrogen and oxygen atoms in total. The SMILES string of the molecule is Cc1cccnc1-c1nc2cc(Nc3nc(N4C[C@@H]5C[C@H]4CN5C)ccc3F)ncc2s1. The second-order valence-corrected chi connectivity index (χ2v) is 9.52. The molecule has 0 unspecified atom stereocenters. The van der Waals surface area contributed by atoms with Crippen LogP contribution in [0.3, 0.4) is 0 Å². The van der Waals surface area contributed by atoms with Gasteiger partial charge in [0.25, 0.3) is 0 Å². The number of pyridine rings is 3. The molecular formula is C23H22FN7S. The molecule has 4 aromatic rings. The molecule has 2 aliphatic heterocycles. The summed E-state index contributed by atoms with van der Waals surface area (Å²) >= 11 is 1.54. The van der Waals surface area contributed by atoms with Gasteiger partial charge in [-0.25, -0.2) is 19.3 Å². The molecule has 0 spiro atoms. The van der Waals surface area contributed by atoms with E-state index in [1.807, 2.05) is 25.1 Å². The number of rotatable bonds is 4. The Bertz CT molecular complexity index is 1320. The summed E-state index contributed by atoms with van der Waals surface area (Å²) in [6.45, 7) is 3.97. The Hall–Kier alpha value is -3.17. The molecule has 1 N–H and O–H groups in total. The maximum absolute atomic E-state index is 14.6. The molecule has 0 amide bonds. The van der Waals surface area contributed by atoms with E-state index in [-0.39, 0.29) is 5.82 Å². The zero-order valence-electron chi connectivity index (χ0n) is 17.8. The number of likely N-dealkylation sites (tertiary alicyclic amines) is 1. The monoisotopic (exact) mass is 447 g/mol. The molecule has 2 fully saturated rings. The van der Waals surface area contributed by atoms with Crippen molar-refractivity contribution in [3.8, 4) is 10.7 Å². The van der Waals surface area contributed by atoms with E-state index in [0.717, 1.165) is 51.8 Å². The highest BCUT2D eigenvalue weighted by atomic mass is 32.1. The van der Waals surface area contributed by atoms with Crippen molar-refractivity contribution in [1.29, 1.82) is 0 Å². The average Bonchev–Trinajstić information content (AvgIpc) is 3.49. The number of aryl methyl sites for hydroxylation is 1. The Balaban J connectivity index is 1.28. The van der Waals surface area contributed by atoms with E-state index < -0.39 is 5.82 Å². The third-order valence-electron chi connectivity index (χ3n) is 6.37. The van der Waals surface area contributed by atoms with E-state index in [4.69, 9.17) is 4.98 Å². The van der Waals surface area contributed by atoms with E-state index in [0.29, 0.717) is 17.9 Å². The minimum Gasteiger partial charge on any atom is -0.351 e. The van der Waals surface area contributed by atoms with Crippen molar-refractivity contribution >= 4 is 39.0 Å². The Kier molecular flexibility index (Phi) is 4.55. The number of aromatic nitrogens is 4. The molecule has 162 valence electrons. The standard InChI is InChI=1S/C23H22FN7S/c1-13-4-3-7-25-21(13)23-27-17-9-19(26-10-18(17)32-23)28-22-16(24)5-6-20(29-22)31-12-14-8-15(31)11-30(14)2/h3-7,9-10,14-15H,8,11-12H2,1-2H3,(H,26,28,29)/t14-,15-/m0/s1. The highest BCUT2D eigenvalue weighted by Crippen LogP contribution is 2.34. The Morgan fingerprint density at radius 2 is 2.03 bits per heavy atom. The second-order valence-electron chi connectivity index (χ2n) is 8.49. The first-order valence-electron chi connectivity index (χ1n) is 10.6. The lowest BCUT2D eigenvalue weighted by atomic mass is 10.2. The smallest absolute Gasteiger partial charge is 0.170 e. The molecule has 2 atom stereocenters. The zero-order chi connectivity index (χ0) is 21.8. The number of thiazole rings is 1. The topological polar surface area (TPSA) is 70.1 Å². The number of halogens is 1. The van der Waals surface area contributed by atoms with Crippen LogP contribution < -0.4 is 10.2 Å². The number of hydrogen-bond donors (Lipinski definition) is 1. The van der Waals surface area contributed by atoms with Crippen LogP contribution in [0.2, 0.25) is 0 Å². The number of nitrogens with zero attached hydrogens (tertiary/aromatic N) is 6. The maximum Gasteiger partial charge on any atom is 0.170 e. The lowest BCUT2D eigenvalue weighted by molar-refractivity contribution is 0.292. The molecule has 2 aliphatic rings. The van der Waals surface area contributed by atoms with Gasteiger partial charge < -0.3 is 10.2 Å². The minimum atomic E-state index is -0.403. The largest absolute Gasteiger partial charge is 0.351 e. The summed E-state index contributed by atoms with van der Waals surface area (Å²) in [6, 6.07) is 9.99. The predicted octanol–water partition coefficient (Wildman–Crippen LogP) is 4.23. The van der Waals surface area contributed by atoms with Gasteiger partial charge in [0.2, 0.25) is 0 Å². The number of likely N-dealkylation sites (N-methyl/N-ethyl adjacent to an activating group) is 1. The van der Waals surface area contributed by atoms with Crippen molar-refractivity contribution in [2.45, 2.75) is 25.4 Å². The van der Waals surface area contributed by atoms with Gasteiger partial charge in [0.1, 0.15) is 22.3 Å². The van der Waals surface area contributed by atoms with Crippen LogP contribution in [0.1, 0.15) is 12.0 Å². The number of piperazine rings is 1. The third-order valence-corrected chi connectivity index (χ3v) is 7.39. The second kappa shape index (κ2) is 7.46. The lowest BCUT2D eigenvalue weighted by Crippen LogP contribution is -2.44. The zero-order valence-corrected chi connectivity index (χ0v) is 18.6. The summed E-state index contributed by atoms with van der Waals surface area (Å²) in [5.41, 5.74) is 2.74. The summed E-state index contributed by atoms with van der Waals surface area (Å²) in [4.78, 5) is 22.9. The molecule has 0 aliphatic carbocycles. The van der Waals surface area contributed by atoms with Gasteiger partial charge >= 0.3 is 0 Å². The highest BCUT2D eigenvalue weighted by molar-refractivity contribution is 7.21. The van der Waals surface area contributed by atoms with Crippen LogP contribution >= 0.6 is 11.3 Å². The van der Waals surface area contributed by atoms with Gasteiger partial charge in [-0.15, -0.1) is 11.3 Å². The van der Waals surface area contributed by atoms with Crippen molar-refractivity contribution < 1.29 is 4.39 Å². The van der Waals surface area contributed by atoms with Crippen LogP contribution in [-0.4, -0.2) is 57.1 Å². The average molecular weight is 448 g/mol. The van der Waals surface area contributed by atoms with Crippen LogP contribution in [0.4, 0.5) is 21.8 Å². The normalized spacial score (nSPS) is 20.4. The molecule has 6 heterocycles. The van der Waals surface area contributed by atoms with Gasteiger partial charge in [0, 0.05) is 43.6 Å². The summed E-state index contributed by atoms with van der Waals surface area (Å²) in [7, 11) is 2.16. The molecule has 2 saturated heterocycles. The minimum absolute atomic E-state index is 0.182. The van der Waals surface area contributed by atoms with Crippen LogP contribution in [0, 0.1) is 12.7 Å². The van der Waals surface area contributed by atoms with E-state index in [1.165, 1.54) is 6.07 Å². The third kappa shape index (κ3) is 3.28. The van der Waals surface area contributed by atoms with Crippen molar-refractivity contribution in [3.05, 3.63) is 54.1 Å². The molecule has 0 saturated carbocycles. The highest BCUT2D eigenvalue weighted by Gasteiger charge is 2.42. The van der Waals surface area contributed by atoms with Gasteiger partial charge in [-0.05, 0) is 44.2 Å². The number of fused-ring (bicyclic) bond motifs is 3. The fourth-order valence-corrected chi connectivity index (χ4v) is 5.64. The molecule has 0 radical (unpaired) electrons. The first-order valence-corrected chi connectivity index (χ1v) is 11.5. The van der Waals surface area contributed by atoms with Crippen molar-refractivity contribution in [1.82, 2.24) is 24.8 Å². The molecule has 9 heteroatoms.